The largest absolute Gasteiger partial charge is 0.510 e. The molecule has 1 fully saturated rings. The molecule has 1 aliphatic heterocycles. The van der Waals surface area contributed by atoms with Crippen molar-refractivity contribution in [2.45, 2.75) is 43.9 Å². The average molecular weight is 604 g/mol. The summed E-state index contributed by atoms with van der Waals surface area (Å²) in [6.45, 7) is 2.82. The number of likely N-dealkylation sites (N-methyl/N-ethyl adjacent to an activating group) is 1. The van der Waals surface area contributed by atoms with Crippen molar-refractivity contribution in [3.63, 3.8) is 0 Å². The smallest absolute Gasteiger partial charge is 0.255 e. The highest BCUT2D eigenvalue weighted by Crippen LogP contribution is 2.53. The Balaban J connectivity index is 1.50. The number of ether oxygens (including phenoxy) is 1. The number of aliphatic hydroxyl groups excluding tert-OH is 2. The number of amides is 1. The number of nitrogens with zero attached hydrogens (tertiary/aromatic N) is 2. The number of aromatic hydroxyl groups is 1. The number of primary amides is 1. The highest BCUT2D eigenvalue weighted by atomic mass is 16.5. The molecule has 3 aliphatic carbocycles. The highest BCUT2D eigenvalue weighted by molar-refractivity contribution is 6.25. The SMILES string of the molecule is COc1ccc(CN2CCCC2)cc1-c1ccc(O)c2c1C[C@H]1C[C@H]3[C@H](N(C)C)C(O)=C(C(N)=O)C(=O)[C@@]3(O)C(O)=C1C2=O. The lowest BCUT2D eigenvalue weighted by molar-refractivity contribution is -0.148. The fraction of sp³-hybridized carbons (Fsp3) is 0.424. The quantitative estimate of drug-likeness (QED) is 0.309. The lowest BCUT2D eigenvalue weighted by atomic mass is 9.58. The van der Waals surface area contributed by atoms with Crippen LogP contribution in [0.15, 0.2) is 53.0 Å². The number of carbonyl (C=O) groups excluding carboxylic acids is 3. The summed E-state index contributed by atoms with van der Waals surface area (Å²) >= 11 is 0. The number of benzene rings is 2. The molecule has 0 unspecified atom stereocenters. The molecule has 4 aliphatic rings. The van der Waals surface area contributed by atoms with E-state index in [1.807, 2.05) is 18.2 Å². The molecule has 44 heavy (non-hydrogen) atoms. The highest BCUT2D eigenvalue weighted by Gasteiger charge is 2.63. The standard InChI is InChI=1S/C33H37N3O8/c1-35(2)27-21-14-17-13-20-18(19-12-16(6-9-23(19)44-3)15-36-10-4-5-11-36)7-8-22(37)25(20)28(38)24(17)30(40)33(21,43)31(41)26(29(27)39)32(34)42/h6-9,12,17,21,27,37,39-40,43H,4-5,10-11,13-15H2,1-3H3,(H2,34,42)/t17-,21-,27-,33-/m0/s1. The van der Waals surface area contributed by atoms with Crippen LogP contribution in [0.5, 0.6) is 11.5 Å². The first-order valence-corrected chi connectivity index (χ1v) is 14.8. The van der Waals surface area contributed by atoms with Crippen LogP contribution in [0.3, 0.4) is 0 Å². The van der Waals surface area contributed by atoms with Crippen LogP contribution in [0, 0.1) is 11.8 Å². The topological polar surface area (TPSA) is 174 Å². The Bertz CT molecular complexity index is 1650. The van der Waals surface area contributed by atoms with Crippen molar-refractivity contribution in [1.82, 2.24) is 9.80 Å². The molecule has 1 amide bonds. The molecule has 2 aromatic carbocycles. The Hall–Kier alpha value is -4.19. The molecular formula is C33H37N3O8. The number of Topliss-reactive ketones (excluding diaryl/α,β-unsaturated/α-hetero) is 2. The van der Waals surface area contributed by atoms with Crippen LogP contribution in [0.1, 0.15) is 40.7 Å². The summed E-state index contributed by atoms with van der Waals surface area (Å²) in [5.74, 6) is -6.18. The van der Waals surface area contributed by atoms with E-state index >= 15 is 0 Å². The third-order valence-corrected chi connectivity index (χ3v) is 9.76. The number of nitrogens with two attached hydrogens (primary N) is 1. The molecule has 0 spiro atoms. The average Bonchev–Trinajstić information content (AvgIpc) is 3.48. The molecule has 232 valence electrons. The van der Waals surface area contributed by atoms with Crippen molar-refractivity contribution in [1.29, 1.82) is 0 Å². The first-order chi connectivity index (χ1) is 20.9. The third-order valence-electron chi connectivity index (χ3n) is 9.76. The van der Waals surface area contributed by atoms with E-state index in [2.05, 4.69) is 4.90 Å². The van der Waals surface area contributed by atoms with E-state index in [9.17, 15) is 34.8 Å². The van der Waals surface area contributed by atoms with Gasteiger partial charge in [-0.25, -0.2) is 0 Å². The first kappa shape index (κ1) is 29.9. The van der Waals surface area contributed by atoms with E-state index in [4.69, 9.17) is 10.5 Å². The number of allylic oxidation sites excluding steroid dienone is 1. The molecular weight excluding hydrogens is 566 g/mol. The number of fused-ring (bicyclic) bond motifs is 3. The summed E-state index contributed by atoms with van der Waals surface area (Å²) < 4.78 is 5.72. The molecule has 0 aromatic heterocycles. The zero-order valence-electron chi connectivity index (χ0n) is 25.0. The summed E-state index contributed by atoms with van der Waals surface area (Å²) in [6.07, 6.45) is 2.54. The molecule has 0 bridgehead atoms. The number of phenolic OH excluding ortho intramolecular Hbond substituents is 1. The number of aliphatic hydroxyl groups is 3. The maximum absolute atomic E-state index is 14.1. The van der Waals surface area contributed by atoms with Crippen molar-refractivity contribution in [3.05, 3.63) is 69.7 Å². The minimum atomic E-state index is -2.68. The maximum Gasteiger partial charge on any atom is 0.255 e. The van der Waals surface area contributed by atoms with Gasteiger partial charge in [-0.2, -0.15) is 0 Å². The Morgan fingerprint density at radius 2 is 1.80 bits per heavy atom. The Labute approximate surface area is 254 Å². The maximum atomic E-state index is 14.1. The molecule has 6 N–H and O–H groups in total. The van der Waals surface area contributed by atoms with Gasteiger partial charge in [0.1, 0.15) is 28.6 Å². The van der Waals surface area contributed by atoms with Gasteiger partial charge in [-0.15, -0.1) is 0 Å². The minimum Gasteiger partial charge on any atom is -0.510 e. The zero-order valence-corrected chi connectivity index (χ0v) is 25.0. The van der Waals surface area contributed by atoms with Crippen molar-refractivity contribution >= 4 is 17.5 Å². The lowest BCUT2D eigenvalue weighted by Crippen LogP contribution is -2.63. The molecule has 11 nitrogen and oxygen atoms in total. The number of ketones is 2. The second-order valence-corrected chi connectivity index (χ2v) is 12.5. The number of methoxy groups -OCH3 is 1. The number of carbonyl (C=O) groups is 3. The summed E-state index contributed by atoms with van der Waals surface area (Å²) in [5, 5.41) is 45.3. The van der Waals surface area contributed by atoms with E-state index in [-0.39, 0.29) is 29.7 Å². The zero-order chi connectivity index (χ0) is 31.7. The molecule has 1 saturated heterocycles. The van der Waals surface area contributed by atoms with Gasteiger partial charge in [0.25, 0.3) is 5.91 Å². The van der Waals surface area contributed by atoms with Crippen molar-refractivity contribution < 1.29 is 39.5 Å². The molecule has 1 heterocycles. The molecule has 4 atom stereocenters. The second-order valence-electron chi connectivity index (χ2n) is 12.5. The van der Waals surface area contributed by atoms with E-state index in [0.29, 0.717) is 16.9 Å². The number of rotatable bonds is 6. The van der Waals surface area contributed by atoms with E-state index in [1.165, 1.54) is 11.0 Å². The van der Waals surface area contributed by atoms with Crippen LogP contribution < -0.4 is 10.5 Å². The normalized spacial score (nSPS) is 27.0. The third kappa shape index (κ3) is 4.33. The van der Waals surface area contributed by atoms with Crippen molar-refractivity contribution in [3.8, 4) is 22.6 Å². The van der Waals surface area contributed by atoms with Crippen LogP contribution in [-0.2, 0) is 22.6 Å². The van der Waals surface area contributed by atoms with Gasteiger partial charge >= 0.3 is 0 Å². The Kier molecular flexibility index (Phi) is 7.30. The minimum absolute atomic E-state index is 0.0208. The predicted octanol–water partition coefficient (Wildman–Crippen LogP) is 2.39. The lowest BCUT2D eigenvalue weighted by Gasteiger charge is -2.50. The summed E-state index contributed by atoms with van der Waals surface area (Å²) in [4.78, 5) is 43.8. The number of likely N-dealkylation sites (tertiary alicyclic amines) is 1. The van der Waals surface area contributed by atoms with Gasteiger partial charge in [0.05, 0.1) is 18.7 Å². The molecule has 11 heteroatoms. The Morgan fingerprint density at radius 1 is 1.09 bits per heavy atom. The summed E-state index contributed by atoms with van der Waals surface area (Å²) in [6, 6.07) is 8.05. The van der Waals surface area contributed by atoms with Gasteiger partial charge in [-0.05, 0) is 93.7 Å². The molecule has 2 aromatic rings. The van der Waals surface area contributed by atoms with E-state index in [0.717, 1.165) is 43.6 Å². The molecule has 6 rings (SSSR count). The Morgan fingerprint density at radius 3 is 2.43 bits per heavy atom. The number of hydrogen-bond donors (Lipinski definition) is 5. The van der Waals surface area contributed by atoms with Crippen molar-refractivity contribution in [2.24, 2.45) is 17.6 Å². The van der Waals surface area contributed by atoms with Gasteiger partial charge in [-0.3, -0.25) is 24.2 Å². The first-order valence-electron chi connectivity index (χ1n) is 14.8. The van der Waals surface area contributed by atoms with Crippen molar-refractivity contribution in [2.75, 3.05) is 34.3 Å². The number of hydrogen-bond acceptors (Lipinski definition) is 10. The fourth-order valence-electron chi connectivity index (χ4n) is 7.77. The van der Waals surface area contributed by atoms with Crippen LogP contribution >= 0.6 is 0 Å². The predicted molar refractivity (Wildman–Crippen MR) is 160 cm³/mol. The van der Waals surface area contributed by atoms with E-state index in [1.54, 1.807) is 27.3 Å². The van der Waals surface area contributed by atoms with E-state index < -0.39 is 58.0 Å². The second kappa shape index (κ2) is 10.8. The van der Waals surface area contributed by atoms with Gasteiger partial charge < -0.3 is 30.9 Å². The molecule has 0 radical (unpaired) electrons. The number of phenols is 1. The monoisotopic (exact) mass is 603 g/mol. The fourth-order valence-corrected chi connectivity index (χ4v) is 7.77. The summed E-state index contributed by atoms with van der Waals surface area (Å²) in [5.41, 5.74) is 4.76. The van der Waals surface area contributed by atoms with Gasteiger partial charge in [0, 0.05) is 23.6 Å². The van der Waals surface area contributed by atoms with Gasteiger partial charge in [0.2, 0.25) is 5.78 Å². The summed E-state index contributed by atoms with van der Waals surface area (Å²) in [7, 11) is 4.77. The van der Waals surface area contributed by atoms with Gasteiger partial charge in [0.15, 0.2) is 11.4 Å². The van der Waals surface area contributed by atoms with Gasteiger partial charge in [-0.1, -0.05) is 12.1 Å². The van der Waals surface area contributed by atoms with Crippen LogP contribution in [0.25, 0.3) is 11.1 Å². The van der Waals surface area contributed by atoms with Crippen LogP contribution in [0.4, 0.5) is 0 Å². The van der Waals surface area contributed by atoms with Crippen LogP contribution in [0.2, 0.25) is 0 Å². The van der Waals surface area contributed by atoms with Crippen LogP contribution in [-0.4, -0.2) is 93.6 Å². The molecule has 0 saturated carbocycles.